The Morgan fingerprint density at radius 3 is 2.57 bits per heavy atom. The minimum absolute atomic E-state index is 0.322. The summed E-state index contributed by atoms with van der Waals surface area (Å²) in [5.41, 5.74) is 3.57. The molecule has 0 unspecified atom stereocenters. The molecule has 3 aromatic heterocycles. The van der Waals surface area contributed by atoms with E-state index in [0.29, 0.717) is 44.7 Å². The highest BCUT2D eigenvalue weighted by atomic mass is 35.5. The number of nitrogens with one attached hydrogen (secondary N) is 1. The fraction of sp³-hybridized carbons (Fsp3) is 0.0476. The third-order valence-corrected chi connectivity index (χ3v) is 5.18. The first-order valence-electron chi connectivity index (χ1n) is 8.91. The Balaban J connectivity index is 1.54. The second-order valence-electron chi connectivity index (χ2n) is 6.39. The number of benzene rings is 2. The number of H-pyrrole nitrogens is 1. The lowest BCUT2D eigenvalue weighted by Crippen LogP contribution is -1.90. The molecule has 3 heterocycles. The van der Waals surface area contributed by atoms with Crippen LogP contribution in [0.15, 0.2) is 59.1 Å². The Morgan fingerprint density at radius 2 is 1.77 bits per heavy atom. The largest absolute Gasteiger partial charge is 0.480 e. The van der Waals surface area contributed by atoms with E-state index in [9.17, 15) is 0 Å². The highest BCUT2D eigenvalue weighted by molar-refractivity contribution is 6.39. The average Bonchev–Trinajstić information content (AvgIpc) is 3.40. The van der Waals surface area contributed by atoms with Crippen LogP contribution in [-0.2, 0) is 0 Å². The second kappa shape index (κ2) is 7.44. The predicted octanol–water partition coefficient (Wildman–Crippen LogP) is 5.66. The number of fused-ring (bicyclic) bond motifs is 1. The van der Waals surface area contributed by atoms with E-state index in [-0.39, 0.29) is 0 Å². The minimum atomic E-state index is 0.322. The van der Waals surface area contributed by atoms with Gasteiger partial charge in [-0.3, -0.25) is 0 Å². The Kier molecular flexibility index (Phi) is 4.61. The van der Waals surface area contributed by atoms with Gasteiger partial charge < -0.3 is 14.1 Å². The lowest BCUT2D eigenvalue weighted by Gasteiger charge is -2.02. The van der Waals surface area contributed by atoms with Gasteiger partial charge in [0.05, 0.1) is 33.8 Å². The summed E-state index contributed by atoms with van der Waals surface area (Å²) in [6.07, 6.45) is 1.63. The standard InChI is InChI=1S/C21H13Cl2N5O2/c1-29-20-12(4-3-9-24-20)21-28-27-19(30-21)11-7-8-15-16(10-11)26-18(25-15)17-13(22)5-2-6-14(17)23/h2-10H,1H3,(H,25,26). The quantitative estimate of drug-likeness (QED) is 0.390. The minimum Gasteiger partial charge on any atom is -0.480 e. The highest BCUT2D eigenvalue weighted by Crippen LogP contribution is 2.35. The number of rotatable bonds is 4. The summed E-state index contributed by atoms with van der Waals surface area (Å²) in [7, 11) is 1.54. The van der Waals surface area contributed by atoms with Crippen molar-refractivity contribution in [1.29, 1.82) is 0 Å². The van der Waals surface area contributed by atoms with Gasteiger partial charge in [-0.2, -0.15) is 0 Å². The normalized spacial score (nSPS) is 11.2. The van der Waals surface area contributed by atoms with E-state index in [1.165, 1.54) is 7.11 Å². The van der Waals surface area contributed by atoms with E-state index in [2.05, 4.69) is 25.1 Å². The van der Waals surface area contributed by atoms with Crippen molar-refractivity contribution in [2.45, 2.75) is 0 Å². The van der Waals surface area contributed by atoms with E-state index in [4.69, 9.17) is 32.4 Å². The zero-order chi connectivity index (χ0) is 20.7. The molecule has 0 aliphatic rings. The summed E-state index contributed by atoms with van der Waals surface area (Å²) < 4.78 is 11.1. The van der Waals surface area contributed by atoms with E-state index in [1.54, 1.807) is 36.5 Å². The number of aromatic amines is 1. The maximum Gasteiger partial charge on any atom is 0.253 e. The van der Waals surface area contributed by atoms with Crippen LogP contribution in [0.2, 0.25) is 10.0 Å². The van der Waals surface area contributed by atoms with Crippen LogP contribution in [0, 0.1) is 0 Å². The van der Waals surface area contributed by atoms with E-state index < -0.39 is 0 Å². The van der Waals surface area contributed by atoms with Gasteiger partial charge in [-0.25, -0.2) is 9.97 Å². The lowest BCUT2D eigenvalue weighted by atomic mass is 10.2. The molecule has 0 saturated heterocycles. The van der Waals surface area contributed by atoms with Crippen molar-refractivity contribution < 1.29 is 9.15 Å². The number of pyridine rings is 1. The van der Waals surface area contributed by atoms with Crippen LogP contribution >= 0.6 is 23.2 Å². The Hall–Kier alpha value is -3.42. The zero-order valence-corrected chi connectivity index (χ0v) is 17.1. The van der Waals surface area contributed by atoms with Crippen molar-refractivity contribution in [2.75, 3.05) is 7.11 Å². The summed E-state index contributed by atoms with van der Waals surface area (Å²) in [6.45, 7) is 0. The van der Waals surface area contributed by atoms with Crippen LogP contribution in [0.25, 0.3) is 45.3 Å². The van der Waals surface area contributed by atoms with Gasteiger partial charge >= 0.3 is 0 Å². The summed E-state index contributed by atoms with van der Waals surface area (Å²) >= 11 is 12.6. The molecule has 0 bridgehead atoms. The van der Waals surface area contributed by atoms with Gasteiger partial charge in [0.2, 0.25) is 11.8 Å². The Morgan fingerprint density at radius 1 is 0.967 bits per heavy atom. The molecule has 0 amide bonds. The van der Waals surface area contributed by atoms with Crippen molar-refractivity contribution >= 4 is 34.2 Å². The van der Waals surface area contributed by atoms with Gasteiger partial charge in [0, 0.05) is 11.8 Å². The molecule has 0 fully saturated rings. The summed E-state index contributed by atoms with van der Waals surface area (Å²) in [5, 5.41) is 9.34. The van der Waals surface area contributed by atoms with Crippen molar-refractivity contribution in [1.82, 2.24) is 25.1 Å². The van der Waals surface area contributed by atoms with Gasteiger partial charge in [-0.15, -0.1) is 10.2 Å². The molecule has 0 saturated carbocycles. The van der Waals surface area contributed by atoms with Gasteiger partial charge in [0.1, 0.15) is 11.4 Å². The number of aromatic nitrogens is 5. The molecule has 7 nitrogen and oxygen atoms in total. The highest BCUT2D eigenvalue weighted by Gasteiger charge is 2.17. The number of nitrogens with zero attached hydrogens (tertiary/aromatic N) is 4. The summed E-state index contributed by atoms with van der Waals surface area (Å²) in [5.74, 6) is 1.69. The van der Waals surface area contributed by atoms with Gasteiger partial charge in [0.25, 0.3) is 5.89 Å². The molecular formula is C21H13Cl2N5O2. The first kappa shape index (κ1) is 18.6. The second-order valence-corrected chi connectivity index (χ2v) is 7.20. The van der Waals surface area contributed by atoms with Crippen LogP contribution < -0.4 is 4.74 Å². The summed E-state index contributed by atoms with van der Waals surface area (Å²) in [4.78, 5) is 12.0. The number of hydrogen-bond donors (Lipinski definition) is 1. The Bertz CT molecular complexity index is 1360. The molecule has 30 heavy (non-hydrogen) atoms. The van der Waals surface area contributed by atoms with Crippen molar-refractivity contribution in [2.24, 2.45) is 0 Å². The molecule has 148 valence electrons. The topological polar surface area (TPSA) is 89.7 Å². The van der Waals surface area contributed by atoms with Gasteiger partial charge in [0.15, 0.2) is 0 Å². The first-order valence-corrected chi connectivity index (χ1v) is 9.67. The number of imidazole rings is 1. The molecular weight excluding hydrogens is 425 g/mol. The fourth-order valence-corrected chi connectivity index (χ4v) is 3.73. The van der Waals surface area contributed by atoms with Crippen LogP contribution in [0.5, 0.6) is 5.88 Å². The number of halogens is 2. The monoisotopic (exact) mass is 437 g/mol. The van der Waals surface area contributed by atoms with Crippen molar-refractivity contribution in [3.63, 3.8) is 0 Å². The van der Waals surface area contributed by atoms with Crippen LogP contribution in [0.3, 0.4) is 0 Å². The van der Waals surface area contributed by atoms with Crippen LogP contribution in [0.4, 0.5) is 0 Å². The van der Waals surface area contributed by atoms with E-state index in [1.807, 2.05) is 18.2 Å². The SMILES string of the molecule is COc1ncccc1-c1nnc(-c2ccc3nc(-c4c(Cl)cccc4Cl)[nH]c3c2)o1. The molecule has 5 rings (SSSR count). The molecule has 0 atom stereocenters. The summed E-state index contributed by atoms with van der Waals surface area (Å²) in [6, 6.07) is 14.5. The number of ether oxygens (including phenoxy) is 1. The zero-order valence-electron chi connectivity index (χ0n) is 15.6. The molecule has 2 aromatic carbocycles. The van der Waals surface area contributed by atoms with Gasteiger partial charge in [-0.1, -0.05) is 29.3 Å². The lowest BCUT2D eigenvalue weighted by molar-refractivity contribution is 0.397. The molecule has 0 aliphatic heterocycles. The van der Waals surface area contributed by atoms with Gasteiger partial charge in [-0.05, 0) is 42.5 Å². The third kappa shape index (κ3) is 3.18. The van der Waals surface area contributed by atoms with Crippen molar-refractivity contribution in [3.8, 4) is 40.2 Å². The Labute approximate surface area is 180 Å². The predicted molar refractivity (Wildman–Crippen MR) is 115 cm³/mol. The molecule has 9 heteroatoms. The molecule has 5 aromatic rings. The van der Waals surface area contributed by atoms with E-state index in [0.717, 1.165) is 16.6 Å². The third-order valence-electron chi connectivity index (χ3n) is 4.55. The molecule has 0 spiro atoms. The maximum absolute atomic E-state index is 6.31. The van der Waals surface area contributed by atoms with E-state index >= 15 is 0 Å². The molecule has 1 N–H and O–H groups in total. The maximum atomic E-state index is 6.31. The van der Waals surface area contributed by atoms with Crippen LogP contribution in [-0.4, -0.2) is 32.3 Å². The smallest absolute Gasteiger partial charge is 0.253 e. The molecule has 0 aliphatic carbocycles. The average molecular weight is 438 g/mol. The molecule has 0 radical (unpaired) electrons. The fourth-order valence-electron chi connectivity index (χ4n) is 3.15. The first-order chi connectivity index (χ1) is 14.6. The number of methoxy groups -OCH3 is 1. The number of hydrogen-bond acceptors (Lipinski definition) is 6. The van der Waals surface area contributed by atoms with Crippen molar-refractivity contribution in [3.05, 3.63) is 64.8 Å². The van der Waals surface area contributed by atoms with Crippen LogP contribution in [0.1, 0.15) is 0 Å².